The van der Waals surface area contributed by atoms with Crippen molar-refractivity contribution in [3.8, 4) is 0 Å². The highest BCUT2D eigenvalue weighted by atomic mass is 79.9. The zero-order valence-electron chi connectivity index (χ0n) is 11.6. The Balaban J connectivity index is 1.71. The SMILES string of the molecule is O=C(c1cc(S)ccc1Br)N1CCC2(CCCC2)CC1. The minimum atomic E-state index is 0.139. The predicted molar refractivity (Wildman–Crippen MR) is 87.4 cm³/mol. The van der Waals surface area contributed by atoms with Gasteiger partial charge in [0.2, 0.25) is 0 Å². The molecule has 1 amide bonds. The van der Waals surface area contributed by atoms with E-state index in [9.17, 15) is 4.79 Å². The summed E-state index contributed by atoms with van der Waals surface area (Å²) in [6, 6.07) is 5.65. The maximum absolute atomic E-state index is 12.6. The van der Waals surface area contributed by atoms with Crippen LogP contribution in [0.1, 0.15) is 48.9 Å². The molecule has 0 atom stereocenters. The Kier molecular flexibility index (Phi) is 4.14. The standard InChI is InChI=1S/C16H20BrNOS/c17-14-4-3-12(20)11-13(14)15(19)18-9-7-16(8-10-18)5-1-2-6-16/h3-4,11,20H,1-2,5-10H2. The van der Waals surface area contributed by atoms with Crippen LogP contribution in [0.3, 0.4) is 0 Å². The Morgan fingerprint density at radius 3 is 2.45 bits per heavy atom. The molecule has 2 aliphatic rings. The van der Waals surface area contributed by atoms with Gasteiger partial charge in [-0.1, -0.05) is 12.8 Å². The summed E-state index contributed by atoms with van der Waals surface area (Å²) < 4.78 is 0.862. The summed E-state index contributed by atoms with van der Waals surface area (Å²) in [4.78, 5) is 15.5. The van der Waals surface area contributed by atoms with E-state index < -0.39 is 0 Å². The van der Waals surface area contributed by atoms with E-state index in [-0.39, 0.29) is 5.91 Å². The van der Waals surface area contributed by atoms with Gasteiger partial charge in [-0.05, 0) is 65.2 Å². The number of hydrogen-bond acceptors (Lipinski definition) is 2. The molecule has 0 N–H and O–H groups in total. The fourth-order valence-corrected chi connectivity index (χ4v) is 4.28. The van der Waals surface area contributed by atoms with Gasteiger partial charge in [-0.15, -0.1) is 12.6 Å². The molecule has 2 nitrogen and oxygen atoms in total. The lowest BCUT2D eigenvalue weighted by Crippen LogP contribution is -2.42. The Morgan fingerprint density at radius 2 is 1.80 bits per heavy atom. The molecule has 1 aliphatic carbocycles. The van der Waals surface area contributed by atoms with Gasteiger partial charge < -0.3 is 4.90 Å². The van der Waals surface area contributed by atoms with Crippen LogP contribution in [0.25, 0.3) is 0 Å². The van der Waals surface area contributed by atoms with Crippen LogP contribution in [0.4, 0.5) is 0 Å². The highest BCUT2D eigenvalue weighted by Gasteiger charge is 2.38. The first kappa shape index (κ1) is 14.5. The molecule has 0 bridgehead atoms. The summed E-state index contributed by atoms with van der Waals surface area (Å²) in [6.07, 6.45) is 7.84. The second-order valence-corrected chi connectivity index (χ2v) is 7.53. The number of amides is 1. The second-order valence-electron chi connectivity index (χ2n) is 6.16. The summed E-state index contributed by atoms with van der Waals surface area (Å²) >= 11 is 7.81. The topological polar surface area (TPSA) is 20.3 Å². The first-order valence-corrected chi connectivity index (χ1v) is 8.62. The van der Waals surface area contributed by atoms with E-state index in [0.717, 1.165) is 28.0 Å². The number of nitrogens with zero attached hydrogens (tertiary/aromatic N) is 1. The van der Waals surface area contributed by atoms with Crippen LogP contribution in [0.15, 0.2) is 27.6 Å². The molecule has 1 saturated heterocycles. The second kappa shape index (κ2) is 5.72. The zero-order valence-corrected chi connectivity index (χ0v) is 14.0. The van der Waals surface area contributed by atoms with Gasteiger partial charge in [0, 0.05) is 22.5 Å². The number of halogens is 1. The number of carbonyl (C=O) groups excluding carboxylic acids is 1. The van der Waals surface area contributed by atoms with Crippen molar-refractivity contribution in [3.63, 3.8) is 0 Å². The lowest BCUT2D eigenvalue weighted by Gasteiger charge is -2.39. The average molecular weight is 354 g/mol. The van der Waals surface area contributed by atoms with E-state index in [1.165, 1.54) is 38.5 Å². The van der Waals surface area contributed by atoms with Gasteiger partial charge in [-0.3, -0.25) is 4.79 Å². The van der Waals surface area contributed by atoms with Crippen LogP contribution in [-0.2, 0) is 0 Å². The minimum absolute atomic E-state index is 0.139. The summed E-state index contributed by atoms with van der Waals surface area (Å²) in [6.45, 7) is 1.81. The highest BCUT2D eigenvalue weighted by molar-refractivity contribution is 9.10. The van der Waals surface area contributed by atoms with Crippen LogP contribution < -0.4 is 0 Å². The molecule has 1 spiro atoms. The number of hydrogen-bond donors (Lipinski definition) is 1. The molecular weight excluding hydrogens is 334 g/mol. The zero-order chi connectivity index (χ0) is 14.2. The molecule has 1 aliphatic heterocycles. The van der Waals surface area contributed by atoms with Crippen molar-refractivity contribution in [2.24, 2.45) is 5.41 Å². The van der Waals surface area contributed by atoms with Crippen LogP contribution in [-0.4, -0.2) is 23.9 Å². The van der Waals surface area contributed by atoms with Crippen LogP contribution in [0.2, 0.25) is 0 Å². The van der Waals surface area contributed by atoms with E-state index in [0.29, 0.717) is 5.41 Å². The first-order valence-electron chi connectivity index (χ1n) is 7.38. The molecule has 0 radical (unpaired) electrons. The number of piperidine rings is 1. The maximum Gasteiger partial charge on any atom is 0.255 e. The van der Waals surface area contributed by atoms with Crippen molar-refractivity contribution < 1.29 is 4.79 Å². The lowest BCUT2D eigenvalue weighted by atomic mass is 9.77. The molecule has 3 rings (SSSR count). The minimum Gasteiger partial charge on any atom is -0.339 e. The summed E-state index contributed by atoms with van der Waals surface area (Å²) in [5.74, 6) is 0.139. The molecule has 0 aromatic heterocycles. The van der Waals surface area contributed by atoms with Crippen LogP contribution in [0, 0.1) is 5.41 Å². The molecule has 2 fully saturated rings. The third kappa shape index (κ3) is 2.77. The Labute approximate surface area is 134 Å². The van der Waals surface area contributed by atoms with Gasteiger partial charge in [-0.25, -0.2) is 0 Å². The Hall–Kier alpha value is -0.480. The quantitative estimate of drug-likeness (QED) is 0.735. The molecule has 1 aromatic rings. The van der Waals surface area contributed by atoms with E-state index >= 15 is 0 Å². The largest absolute Gasteiger partial charge is 0.339 e. The van der Waals surface area contributed by atoms with Crippen molar-refractivity contribution in [2.45, 2.75) is 43.4 Å². The molecule has 4 heteroatoms. The number of rotatable bonds is 1. The van der Waals surface area contributed by atoms with Gasteiger partial charge in [0.15, 0.2) is 0 Å². The lowest BCUT2D eigenvalue weighted by molar-refractivity contribution is 0.0586. The fraction of sp³-hybridized carbons (Fsp3) is 0.562. The van der Waals surface area contributed by atoms with Crippen LogP contribution >= 0.6 is 28.6 Å². The molecule has 20 heavy (non-hydrogen) atoms. The van der Waals surface area contributed by atoms with E-state index in [4.69, 9.17) is 0 Å². The van der Waals surface area contributed by atoms with Gasteiger partial charge in [0.05, 0.1) is 5.56 Å². The van der Waals surface area contributed by atoms with Crippen molar-refractivity contribution in [3.05, 3.63) is 28.2 Å². The number of carbonyl (C=O) groups is 1. The molecule has 1 saturated carbocycles. The van der Waals surface area contributed by atoms with E-state index in [2.05, 4.69) is 28.6 Å². The smallest absolute Gasteiger partial charge is 0.255 e. The molecule has 108 valence electrons. The predicted octanol–water partition coefficient (Wildman–Crippen LogP) is 4.53. The van der Waals surface area contributed by atoms with Gasteiger partial charge in [-0.2, -0.15) is 0 Å². The monoisotopic (exact) mass is 353 g/mol. The summed E-state index contributed by atoms with van der Waals surface area (Å²) in [7, 11) is 0. The number of likely N-dealkylation sites (tertiary alicyclic amines) is 1. The highest BCUT2D eigenvalue weighted by Crippen LogP contribution is 2.46. The van der Waals surface area contributed by atoms with Crippen molar-refractivity contribution >= 4 is 34.5 Å². The number of benzene rings is 1. The van der Waals surface area contributed by atoms with Crippen molar-refractivity contribution in [2.75, 3.05) is 13.1 Å². The normalized spacial score (nSPS) is 21.4. The number of thiol groups is 1. The maximum atomic E-state index is 12.6. The summed E-state index contributed by atoms with van der Waals surface area (Å²) in [5, 5.41) is 0. The van der Waals surface area contributed by atoms with Crippen molar-refractivity contribution in [1.29, 1.82) is 0 Å². The third-order valence-corrected chi connectivity index (χ3v) is 5.93. The average Bonchev–Trinajstić information content (AvgIpc) is 2.90. The van der Waals surface area contributed by atoms with E-state index in [1.54, 1.807) is 0 Å². The molecule has 0 unspecified atom stereocenters. The van der Waals surface area contributed by atoms with Gasteiger partial charge >= 0.3 is 0 Å². The van der Waals surface area contributed by atoms with Crippen molar-refractivity contribution in [1.82, 2.24) is 4.90 Å². The molecular formula is C16H20BrNOS. The molecule has 1 heterocycles. The van der Waals surface area contributed by atoms with Crippen LogP contribution in [0.5, 0.6) is 0 Å². The Morgan fingerprint density at radius 1 is 1.15 bits per heavy atom. The van der Waals surface area contributed by atoms with Gasteiger partial charge in [0.1, 0.15) is 0 Å². The van der Waals surface area contributed by atoms with Gasteiger partial charge in [0.25, 0.3) is 5.91 Å². The third-order valence-electron chi connectivity index (χ3n) is 4.96. The molecule has 1 aromatic carbocycles. The van der Waals surface area contributed by atoms with E-state index in [1.807, 2.05) is 23.1 Å². The fourth-order valence-electron chi connectivity index (χ4n) is 3.66. The first-order chi connectivity index (χ1) is 9.60. The Bertz CT molecular complexity index is 515. The summed E-state index contributed by atoms with van der Waals surface area (Å²) in [5.41, 5.74) is 1.29.